The van der Waals surface area contributed by atoms with Crippen molar-refractivity contribution < 1.29 is 14.5 Å². The molecular formula is C14H9ClN4O4. The Morgan fingerprint density at radius 2 is 2.26 bits per heavy atom. The van der Waals surface area contributed by atoms with E-state index in [9.17, 15) is 20.2 Å². The number of nitrogens with two attached hydrogens (primary N) is 1. The number of hydrogen-bond acceptors (Lipinski definition) is 6. The van der Waals surface area contributed by atoms with Crippen molar-refractivity contribution >= 4 is 23.3 Å². The average Bonchev–Trinajstić information content (AvgIpc) is 2.83. The van der Waals surface area contributed by atoms with Crippen LogP contribution in [0.25, 0.3) is 11.1 Å². The molecule has 116 valence electrons. The number of ether oxygens (including phenoxy) is 1. The van der Waals surface area contributed by atoms with E-state index in [1.807, 2.05) is 6.07 Å². The number of hydrogen-bond donors (Lipinski definition) is 1. The molecule has 0 amide bonds. The molecular weight excluding hydrogens is 324 g/mol. The van der Waals surface area contributed by atoms with Gasteiger partial charge in [-0.05, 0) is 17.7 Å². The van der Waals surface area contributed by atoms with Crippen LogP contribution in [0.5, 0.6) is 0 Å². The van der Waals surface area contributed by atoms with E-state index >= 15 is 0 Å². The van der Waals surface area contributed by atoms with Crippen LogP contribution in [0.15, 0.2) is 37.2 Å². The molecule has 2 N–H and O–H groups in total. The Labute approximate surface area is 135 Å². The van der Waals surface area contributed by atoms with Gasteiger partial charge in [-0.1, -0.05) is 18.2 Å². The summed E-state index contributed by atoms with van der Waals surface area (Å²) in [4.78, 5) is 22.1. The molecule has 23 heavy (non-hydrogen) atoms. The summed E-state index contributed by atoms with van der Waals surface area (Å²) < 4.78 is 5.66. The maximum Gasteiger partial charge on any atom is 0.345 e. The van der Waals surface area contributed by atoms with Gasteiger partial charge < -0.3 is 10.6 Å². The molecule has 0 spiro atoms. The highest BCUT2D eigenvalue weighted by Gasteiger charge is 2.24. The molecule has 2 aromatic rings. The lowest BCUT2D eigenvalue weighted by Crippen LogP contribution is -2.08. The number of esters is 1. The van der Waals surface area contributed by atoms with Crippen molar-refractivity contribution in [1.82, 2.24) is 4.68 Å². The third-order valence-electron chi connectivity index (χ3n) is 2.98. The van der Waals surface area contributed by atoms with Gasteiger partial charge in [0.15, 0.2) is 0 Å². The van der Waals surface area contributed by atoms with Gasteiger partial charge in [0.05, 0.1) is 16.7 Å². The molecule has 0 saturated heterocycles. The number of rotatable bonds is 4. The standard InChI is InChI=1S/C14H9ClN4O4/c1-2-23-14(20)9-7-18(17)12(6-16)13(9)8-3-4-11(19(21)22)10(15)5-8/h2-5,7H,1,17H2. The van der Waals surface area contributed by atoms with E-state index in [4.69, 9.17) is 22.2 Å². The van der Waals surface area contributed by atoms with E-state index in [2.05, 4.69) is 6.58 Å². The third kappa shape index (κ3) is 2.86. The Bertz CT molecular complexity index is 866. The molecule has 0 aliphatic heterocycles. The summed E-state index contributed by atoms with van der Waals surface area (Å²) in [5.74, 6) is 4.89. The molecule has 1 heterocycles. The topological polar surface area (TPSA) is 124 Å². The van der Waals surface area contributed by atoms with E-state index in [-0.39, 0.29) is 27.5 Å². The van der Waals surface area contributed by atoms with Crippen LogP contribution in [0.3, 0.4) is 0 Å². The molecule has 0 aliphatic carbocycles. The smallest absolute Gasteiger partial charge is 0.345 e. The van der Waals surface area contributed by atoms with Gasteiger partial charge in [0, 0.05) is 17.8 Å². The van der Waals surface area contributed by atoms with Crippen molar-refractivity contribution in [2.24, 2.45) is 0 Å². The van der Waals surface area contributed by atoms with E-state index < -0.39 is 10.9 Å². The SMILES string of the molecule is C=COC(=O)c1cn(N)c(C#N)c1-c1ccc([N+](=O)[O-])c(Cl)c1. The zero-order chi connectivity index (χ0) is 17.1. The Kier molecular flexibility index (Phi) is 4.34. The minimum atomic E-state index is -0.773. The van der Waals surface area contributed by atoms with E-state index in [0.29, 0.717) is 5.56 Å². The minimum Gasteiger partial charge on any atom is -0.431 e. The van der Waals surface area contributed by atoms with Gasteiger partial charge in [-0.3, -0.25) is 14.8 Å². The number of nitrogens with zero attached hydrogens (tertiary/aromatic N) is 3. The summed E-state index contributed by atoms with van der Waals surface area (Å²) in [6.07, 6.45) is 2.16. The number of carbonyl (C=O) groups is 1. The van der Waals surface area contributed by atoms with Crippen molar-refractivity contribution in [3.8, 4) is 17.2 Å². The summed E-state index contributed by atoms with van der Waals surface area (Å²) in [5, 5.41) is 19.9. The molecule has 1 aromatic heterocycles. The molecule has 0 atom stereocenters. The zero-order valence-corrected chi connectivity index (χ0v) is 12.3. The number of halogens is 1. The largest absolute Gasteiger partial charge is 0.431 e. The fraction of sp³-hybridized carbons (Fsp3) is 0. The molecule has 9 heteroatoms. The first kappa shape index (κ1) is 16.1. The molecule has 0 fully saturated rings. The van der Waals surface area contributed by atoms with Gasteiger partial charge in [0.2, 0.25) is 0 Å². The lowest BCUT2D eigenvalue weighted by molar-refractivity contribution is -0.384. The number of nitrogen functional groups attached to an aromatic ring is 1. The van der Waals surface area contributed by atoms with Gasteiger partial charge in [0.1, 0.15) is 16.8 Å². The molecule has 8 nitrogen and oxygen atoms in total. The molecule has 0 saturated carbocycles. The lowest BCUT2D eigenvalue weighted by Gasteiger charge is -2.05. The second kappa shape index (κ2) is 6.21. The van der Waals surface area contributed by atoms with Crippen molar-refractivity contribution in [3.63, 3.8) is 0 Å². The van der Waals surface area contributed by atoms with E-state index in [0.717, 1.165) is 10.9 Å². The second-order valence-electron chi connectivity index (χ2n) is 4.28. The van der Waals surface area contributed by atoms with Crippen LogP contribution >= 0.6 is 11.6 Å². The van der Waals surface area contributed by atoms with Crippen LogP contribution in [0, 0.1) is 21.4 Å². The van der Waals surface area contributed by atoms with Crippen LogP contribution in [-0.4, -0.2) is 15.6 Å². The lowest BCUT2D eigenvalue weighted by atomic mass is 10.0. The predicted octanol–water partition coefficient (Wildman–Crippen LogP) is 2.60. The number of benzene rings is 1. The van der Waals surface area contributed by atoms with Gasteiger partial charge >= 0.3 is 5.97 Å². The van der Waals surface area contributed by atoms with Crippen LogP contribution in [0.2, 0.25) is 5.02 Å². The monoisotopic (exact) mass is 332 g/mol. The highest BCUT2D eigenvalue weighted by molar-refractivity contribution is 6.33. The van der Waals surface area contributed by atoms with Gasteiger partial charge in [-0.15, -0.1) is 0 Å². The van der Waals surface area contributed by atoms with Crippen molar-refractivity contribution in [3.05, 3.63) is 63.6 Å². The highest BCUT2D eigenvalue weighted by atomic mass is 35.5. The first-order valence-electron chi connectivity index (χ1n) is 6.07. The summed E-state index contributed by atoms with van der Waals surface area (Å²) in [5.41, 5.74) is 0.173. The van der Waals surface area contributed by atoms with Crippen molar-refractivity contribution in [2.45, 2.75) is 0 Å². The Balaban J connectivity index is 2.69. The molecule has 2 rings (SSSR count). The average molecular weight is 333 g/mol. The predicted molar refractivity (Wildman–Crippen MR) is 82.0 cm³/mol. The summed E-state index contributed by atoms with van der Waals surface area (Å²) in [7, 11) is 0. The fourth-order valence-electron chi connectivity index (χ4n) is 2.04. The molecule has 0 aliphatic rings. The maximum atomic E-state index is 12.0. The maximum absolute atomic E-state index is 12.0. The number of aromatic nitrogens is 1. The number of nitriles is 1. The summed E-state index contributed by atoms with van der Waals surface area (Å²) in [6, 6.07) is 5.68. The number of nitro groups is 1. The Morgan fingerprint density at radius 1 is 1.57 bits per heavy atom. The number of nitro benzene ring substituents is 1. The zero-order valence-electron chi connectivity index (χ0n) is 11.5. The third-order valence-corrected chi connectivity index (χ3v) is 3.28. The van der Waals surface area contributed by atoms with Crippen LogP contribution in [-0.2, 0) is 4.74 Å². The highest BCUT2D eigenvalue weighted by Crippen LogP contribution is 2.34. The molecule has 1 aromatic carbocycles. The van der Waals surface area contributed by atoms with E-state index in [1.165, 1.54) is 24.4 Å². The fourth-order valence-corrected chi connectivity index (χ4v) is 2.28. The normalized spacial score (nSPS) is 9.91. The second-order valence-corrected chi connectivity index (χ2v) is 4.69. The quantitative estimate of drug-likeness (QED) is 0.301. The Hall–Kier alpha value is -3.31. The summed E-state index contributed by atoms with van der Waals surface area (Å²) in [6.45, 7) is 3.28. The van der Waals surface area contributed by atoms with Crippen molar-refractivity contribution in [2.75, 3.05) is 5.84 Å². The van der Waals surface area contributed by atoms with Gasteiger partial charge in [0.25, 0.3) is 5.69 Å². The minimum absolute atomic E-state index is 0.00821. The van der Waals surface area contributed by atoms with Gasteiger partial charge in [-0.25, -0.2) is 4.79 Å². The first-order valence-corrected chi connectivity index (χ1v) is 6.45. The molecule has 0 unspecified atom stereocenters. The van der Waals surface area contributed by atoms with Crippen molar-refractivity contribution in [1.29, 1.82) is 5.26 Å². The van der Waals surface area contributed by atoms with Crippen LogP contribution in [0.1, 0.15) is 16.1 Å². The van der Waals surface area contributed by atoms with E-state index in [1.54, 1.807) is 0 Å². The summed E-state index contributed by atoms with van der Waals surface area (Å²) >= 11 is 5.87. The van der Waals surface area contributed by atoms with Crippen LogP contribution < -0.4 is 5.84 Å². The molecule has 0 bridgehead atoms. The first-order chi connectivity index (χ1) is 10.9. The van der Waals surface area contributed by atoms with Gasteiger partial charge in [-0.2, -0.15) is 5.26 Å². The van der Waals surface area contributed by atoms with Crippen LogP contribution in [0.4, 0.5) is 5.69 Å². The Morgan fingerprint density at radius 3 is 2.78 bits per heavy atom. The molecule has 0 radical (unpaired) electrons. The number of carbonyl (C=O) groups excluding carboxylic acids is 1.